The Balaban J connectivity index is 2.22. The summed E-state index contributed by atoms with van der Waals surface area (Å²) in [7, 11) is 0. The Morgan fingerprint density at radius 1 is 1.46 bits per heavy atom. The molecule has 0 radical (unpaired) electrons. The van der Waals surface area contributed by atoms with Crippen molar-refractivity contribution in [2.24, 2.45) is 5.73 Å². The van der Waals surface area contributed by atoms with E-state index in [9.17, 15) is 19.6 Å². The van der Waals surface area contributed by atoms with Gasteiger partial charge in [-0.05, 0) is 30.9 Å². The molecule has 0 bridgehead atoms. The number of hydrogen-bond acceptors (Lipinski definition) is 8. The Hall–Kier alpha value is -2.77. The summed E-state index contributed by atoms with van der Waals surface area (Å²) < 4.78 is 5.14. The summed E-state index contributed by atoms with van der Waals surface area (Å²) in [6, 6.07) is 3.98. The molecular weight excluding hydrogens is 402 g/mol. The second-order valence-electron chi connectivity index (χ2n) is 6.13. The zero-order valence-electron chi connectivity index (χ0n) is 15.1. The van der Waals surface area contributed by atoms with Gasteiger partial charge in [-0.15, -0.1) is 11.3 Å². The number of esters is 1. The molecule has 10 heteroatoms. The van der Waals surface area contributed by atoms with Crippen LogP contribution in [0.3, 0.4) is 0 Å². The number of thiophene rings is 1. The summed E-state index contributed by atoms with van der Waals surface area (Å²) in [5, 5.41) is 20.2. The SMILES string of the molecule is CCOC(=O)C1=C(N)N2C(=O)C(CC(=O)O)SC2=C(C#N)C1c1sccc1C. The van der Waals surface area contributed by atoms with Gasteiger partial charge in [0.15, 0.2) is 0 Å². The Labute approximate surface area is 169 Å². The van der Waals surface area contributed by atoms with E-state index in [4.69, 9.17) is 15.6 Å². The van der Waals surface area contributed by atoms with E-state index in [1.54, 1.807) is 6.92 Å². The maximum Gasteiger partial charge on any atom is 0.338 e. The maximum atomic E-state index is 12.8. The summed E-state index contributed by atoms with van der Waals surface area (Å²) >= 11 is 2.37. The molecule has 8 nitrogen and oxygen atoms in total. The number of rotatable bonds is 5. The highest BCUT2D eigenvalue weighted by atomic mass is 32.2. The quantitative estimate of drug-likeness (QED) is 0.693. The number of carboxylic acids is 1. The van der Waals surface area contributed by atoms with Gasteiger partial charge in [0.25, 0.3) is 0 Å². The van der Waals surface area contributed by atoms with Gasteiger partial charge in [0, 0.05) is 4.88 Å². The average molecular weight is 419 g/mol. The fourth-order valence-corrected chi connectivity index (χ4v) is 5.53. The predicted molar refractivity (Wildman–Crippen MR) is 103 cm³/mol. The Morgan fingerprint density at radius 2 is 2.18 bits per heavy atom. The van der Waals surface area contributed by atoms with Crippen LogP contribution in [0.15, 0.2) is 33.4 Å². The van der Waals surface area contributed by atoms with E-state index in [-0.39, 0.29) is 28.6 Å². The normalized spacial score (nSPS) is 21.6. The summed E-state index contributed by atoms with van der Waals surface area (Å²) in [4.78, 5) is 38.4. The monoisotopic (exact) mass is 419 g/mol. The number of nitrogens with two attached hydrogens (primary N) is 1. The van der Waals surface area contributed by atoms with Crippen LogP contribution in [-0.2, 0) is 19.1 Å². The number of nitrogens with zero attached hydrogens (tertiary/aromatic N) is 2. The van der Waals surface area contributed by atoms with E-state index in [1.807, 2.05) is 18.4 Å². The standard InChI is InChI=1S/C18H17N3O5S2/c1-3-26-18(25)13-12(14-8(2)4-5-27-14)9(7-19)17-21(15(13)20)16(24)10(28-17)6-11(22)23/h4-5,10,12H,3,6,20H2,1-2H3,(H,22,23). The van der Waals surface area contributed by atoms with Crippen LogP contribution < -0.4 is 5.73 Å². The van der Waals surface area contributed by atoms with Crippen molar-refractivity contribution >= 4 is 40.9 Å². The van der Waals surface area contributed by atoms with E-state index in [0.29, 0.717) is 0 Å². The Kier molecular flexibility index (Phi) is 5.49. The minimum atomic E-state index is -1.14. The number of aryl methyl sites for hydroxylation is 1. The van der Waals surface area contributed by atoms with Gasteiger partial charge in [-0.3, -0.25) is 14.5 Å². The Morgan fingerprint density at radius 3 is 2.71 bits per heavy atom. The van der Waals surface area contributed by atoms with E-state index in [2.05, 4.69) is 6.07 Å². The second-order valence-corrected chi connectivity index (χ2v) is 8.27. The molecule has 3 N–H and O–H groups in total. The van der Waals surface area contributed by atoms with Crippen molar-refractivity contribution in [2.45, 2.75) is 31.4 Å². The van der Waals surface area contributed by atoms with Crippen LogP contribution in [0.2, 0.25) is 0 Å². The summed E-state index contributed by atoms with van der Waals surface area (Å²) in [5.74, 6) is -3.28. The van der Waals surface area contributed by atoms with Gasteiger partial charge in [0.05, 0.1) is 41.2 Å². The molecule has 1 fully saturated rings. The number of fused-ring (bicyclic) bond motifs is 1. The van der Waals surface area contributed by atoms with Crippen molar-refractivity contribution in [1.82, 2.24) is 4.90 Å². The van der Waals surface area contributed by atoms with Crippen LogP contribution in [0.25, 0.3) is 0 Å². The van der Waals surface area contributed by atoms with Gasteiger partial charge in [-0.25, -0.2) is 4.79 Å². The number of hydrogen-bond donors (Lipinski definition) is 2. The third-order valence-electron chi connectivity index (χ3n) is 4.42. The van der Waals surface area contributed by atoms with Crippen LogP contribution in [-0.4, -0.2) is 39.7 Å². The van der Waals surface area contributed by atoms with E-state index < -0.39 is 35.4 Å². The van der Waals surface area contributed by atoms with Gasteiger partial charge < -0.3 is 15.6 Å². The van der Waals surface area contributed by atoms with E-state index in [0.717, 1.165) is 27.1 Å². The molecule has 3 heterocycles. The molecule has 2 aliphatic rings. The summed E-state index contributed by atoms with van der Waals surface area (Å²) in [5.41, 5.74) is 7.32. The van der Waals surface area contributed by atoms with Gasteiger partial charge in [0.2, 0.25) is 5.91 Å². The average Bonchev–Trinajstić information content (AvgIpc) is 3.18. The molecule has 1 amide bonds. The predicted octanol–water partition coefficient (Wildman–Crippen LogP) is 2.04. The van der Waals surface area contributed by atoms with E-state index in [1.165, 1.54) is 11.3 Å². The number of thioether (sulfide) groups is 1. The third kappa shape index (κ3) is 3.16. The maximum absolute atomic E-state index is 12.8. The lowest BCUT2D eigenvalue weighted by molar-refractivity contribution is -0.140. The minimum absolute atomic E-state index is 0.0256. The van der Waals surface area contributed by atoms with Crippen molar-refractivity contribution < 1.29 is 24.2 Å². The molecule has 2 unspecified atom stereocenters. The Bertz CT molecular complexity index is 972. The number of carboxylic acid groups (broad SMARTS) is 1. The molecule has 1 aromatic heterocycles. The number of nitriles is 1. The lowest BCUT2D eigenvalue weighted by atomic mass is 9.86. The van der Waals surface area contributed by atoms with Gasteiger partial charge in [-0.2, -0.15) is 5.26 Å². The fraction of sp³-hybridized carbons (Fsp3) is 0.333. The van der Waals surface area contributed by atoms with Gasteiger partial charge in [0.1, 0.15) is 11.1 Å². The lowest BCUT2D eigenvalue weighted by Gasteiger charge is -2.31. The summed E-state index contributed by atoms with van der Waals surface area (Å²) in [6.07, 6.45) is -0.410. The first-order valence-corrected chi connectivity index (χ1v) is 10.1. The van der Waals surface area contributed by atoms with Crippen molar-refractivity contribution in [3.8, 4) is 6.07 Å². The highest BCUT2D eigenvalue weighted by Gasteiger charge is 2.49. The van der Waals surface area contributed by atoms with Crippen molar-refractivity contribution in [3.05, 3.63) is 43.9 Å². The molecule has 3 rings (SSSR count). The molecule has 146 valence electrons. The molecule has 0 spiro atoms. The number of carbonyl (C=O) groups is 3. The first kappa shape index (κ1) is 20.0. The number of allylic oxidation sites excluding steroid dienone is 1. The number of carbonyl (C=O) groups excluding carboxylic acids is 2. The van der Waals surface area contributed by atoms with E-state index >= 15 is 0 Å². The zero-order valence-corrected chi connectivity index (χ0v) is 16.7. The number of aliphatic carboxylic acids is 1. The first-order valence-electron chi connectivity index (χ1n) is 8.39. The topological polar surface area (TPSA) is 134 Å². The van der Waals surface area contributed by atoms with Crippen LogP contribution >= 0.6 is 23.1 Å². The number of ether oxygens (including phenoxy) is 1. The second kappa shape index (κ2) is 7.69. The molecule has 0 aliphatic carbocycles. The number of amides is 1. The van der Waals surface area contributed by atoms with Crippen LogP contribution in [0.1, 0.15) is 29.7 Å². The molecule has 1 aromatic rings. The fourth-order valence-electron chi connectivity index (χ4n) is 3.20. The molecule has 2 atom stereocenters. The largest absolute Gasteiger partial charge is 0.481 e. The lowest BCUT2D eigenvalue weighted by Crippen LogP contribution is -2.39. The molecule has 1 saturated heterocycles. The van der Waals surface area contributed by atoms with Crippen LogP contribution in [0, 0.1) is 18.3 Å². The van der Waals surface area contributed by atoms with Crippen LogP contribution in [0.4, 0.5) is 0 Å². The first-order chi connectivity index (χ1) is 13.3. The highest BCUT2D eigenvalue weighted by Crippen LogP contribution is 2.51. The van der Waals surface area contributed by atoms with Crippen molar-refractivity contribution in [3.63, 3.8) is 0 Å². The zero-order chi connectivity index (χ0) is 20.6. The smallest absolute Gasteiger partial charge is 0.338 e. The molecule has 2 aliphatic heterocycles. The molecule has 28 heavy (non-hydrogen) atoms. The highest BCUT2D eigenvalue weighted by molar-refractivity contribution is 8.04. The van der Waals surface area contributed by atoms with Gasteiger partial charge in [-0.1, -0.05) is 11.8 Å². The molecule has 0 saturated carbocycles. The van der Waals surface area contributed by atoms with Crippen molar-refractivity contribution in [1.29, 1.82) is 5.26 Å². The minimum Gasteiger partial charge on any atom is -0.481 e. The van der Waals surface area contributed by atoms with Crippen LogP contribution in [0.5, 0.6) is 0 Å². The summed E-state index contributed by atoms with van der Waals surface area (Å²) in [6.45, 7) is 3.61. The van der Waals surface area contributed by atoms with Gasteiger partial charge >= 0.3 is 11.9 Å². The molecular formula is C18H17N3O5S2. The molecule has 0 aromatic carbocycles. The van der Waals surface area contributed by atoms with Crippen molar-refractivity contribution in [2.75, 3.05) is 6.61 Å². The third-order valence-corrected chi connectivity index (χ3v) is 6.78.